The van der Waals surface area contributed by atoms with Crippen LogP contribution in [0.5, 0.6) is 5.75 Å². The van der Waals surface area contributed by atoms with Crippen molar-refractivity contribution in [1.82, 2.24) is 14.5 Å². The molecule has 1 aromatic heterocycles. The normalized spacial score (nSPS) is 18.5. The third kappa shape index (κ3) is 2.62. The van der Waals surface area contributed by atoms with Crippen LogP contribution in [0.2, 0.25) is 0 Å². The molecule has 0 spiro atoms. The van der Waals surface area contributed by atoms with Crippen molar-refractivity contribution in [2.45, 2.75) is 38.8 Å². The zero-order valence-corrected chi connectivity index (χ0v) is 13.3. The monoisotopic (exact) mass is 317 g/mol. The van der Waals surface area contributed by atoms with Gasteiger partial charge < -0.3 is 4.74 Å². The highest BCUT2D eigenvalue weighted by Gasteiger charge is 2.31. The summed E-state index contributed by atoms with van der Waals surface area (Å²) in [5, 5.41) is 2.29. The summed E-state index contributed by atoms with van der Waals surface area (Å²) in [5.74, 6) is -0.0611. The van der Waals surface area contributed by atoms with Gasteiger partial charge in [0.2, 0.25) is 11.8 Å². The summed E-state index contributed by atoms with van der Waals surface area (Å²) in [4.78, 5) is 36.0. The summed E-state index contributed by atoms with van der Waals surface area (Å²) >= 11 is 0. The smallest absolute Gasteiger partial charge is 0.329 e. The molecule has 2 aromatic rings. The molecule has 1 saturated heterocycles. The van der Waals surface area contributed by atoms with Gasteiger partial charge in [-0.25, -0.2) is 4.79 Å². The van der Waals surface area contributed by atoms with Crippen molar-refractivity contribution in [3.63, 3.8) is 0 Å². The molecule has 1 unspecified atom stereocenters. The summed E-state index contributed by atoms with van der Waals surface area (Å²) in [6, 6.07) is 4.68. The zero-order chi connectivity index (χ0) is 16.7. The Morgan fingerprint density at radius 2 is 1.96 bits per heavy atom. The summed E-state index contributed by atoms with van der Waals surface area (Å²) < 4.78 is 8.61. The van der Waals surface area contributed by atoms with Crippen molar-refractivity contribution in [3.05, 3.63) is 28.7 Å². The number of benzene rings is 1. The highest BCUT2D eigenvalue weighted by atomic mass is 16.5. The van der Waals surface area contributed by atoms with E-state index in [0.29, 0.717) is 23.2 Å². The number of aromatic nitrogens is 2. The number of nitrogens with one attached hydrogen (secondary N) is 1. The van der Waals surface area contributed by atoms with Crippen molar-refractivity contribution in [3.8, 4) is 5.75 Å². The van der Waals surface area contributed by atoms with Gasteiger partial charge in [-0.1, -0.05) is 0 Å². The third-order valence-electron chi connectivity index (χ3n) is 3.95. The van der Waals surface area contributed by atoms with E-state index in [4.69, 9.17) is 4.74 Å². The van der Waals surface area contributed by atoms with Gasteiger partial charge in [-0.2, -0.15) is 0 Å². The number of nitrogens with zero attached hydrogens (tertiary/aromatic N) is 2. The average Bonchev–Trinajstić information content (AvgIpc) is 2.71. The number of amides is 2. The second kappa shape index (κ2) is 5.57. The number of fused-ring (bicyclic) bond motifs is 1. The molecule has 2 amide bonds. The predicted octanol–water partition coefficient (Wildman–Crippen LogP) is 1.10. The van der Waals surface area contributed by atoms with Crippen LogP contribution >= 0.6 is 0 Å². The lowest BCUT2D eigenvalue weighted by atomic mass is 10.1. The summed E-state index contributed by atoms with van der Waals surface area (Å²) in [6.07, 6.45) is 0.587. The summed E-state index contributed by atoms with van der Waals surface area (Å²) in [5.41, 5.74) is 1.07. The van der Waals surface area contributed by atoms with Crippen LogP contribution in [-0.2, 0) is 16.6 Å². The maximum absolute atomic E-state index is 12.6. The molecule has 7 heteroatoms. The number of ether oxygens (including phenoxy) is 1. The van der Waals surface area contributed by atoms with E-state index in [1.54, 1.807) is 25.2 Å². The summed E-state index contributed by atoms with van der Waals surface area (Å²) in [6.45, 7) is 3.86. The Bertz CT molecular complexity index is 847. The number of hydrogen-bond acceptors (Lipinski definition) is 4. The molecule has 7 nitrogen and oxygen atoms in total. The first-order valence-corrected chi connectivity index (χ1v) is 7.60. The van der Waals surface area contributed by atoms with Gasteiger partial charge in [0.1, 0.15) is 11.8 Å². The number of aryl methyl sites for hydroxylation is 1. The van der Waals surface area contributed by atoms with E-state index < -0.39 is 11.9 Å². The topological polar surface area (TPSA) is 82.3 Å². The van der Waals surface area contributed by atoms with Crippen LogP contribution in [0.25, 0.3) is 11.0 Å². The zero-order valence-electron chi connectivity index (χ0n) is 13.3. The molecule has 1 fully saturated rings. The average molecular weight is 317 g/mol. The first-order valence-electron chi connectivity index (χ1n) is 7.60. The van der Waals surface area contributed by atoms with Crippen LogP contribution in [0.3, 0.4) is 0 Å². The number of imidazole rings is 1. The van der Waals surface area contributed by atoms with Gasteiger partial charge in [0, 0.05) is 19.5 Å². The second-order valence-electron chi connectivity index (χ2n) is 6.00. The van der Waals surface area contributed by atoms with Gasteiger partial charge in [0.25, 0.3) is 0 Å². The van der Waals surface area contributed by atoms with E-state index in [1.165, 1.54) is 9.13 Å². The van der Waals surface area contributed by atoms with Gasteiger partial charge in [-0.3, -0.25) is 24.0 Å². The Balaban J connectivity index is 2.11. The molecule has 0 radical (unpaired) electrons. The van der Waals surface area contributed by atoms with Crippen LogP contribution in [-0.4, -0.2) is 27.1 Å². The highest BCUT2D eigenvalue weighted by molar-refractivity contribution is 6.00. The van der Waals surface area contributed by atoms with Crippen molar-refractivity contribution in [1.29, 1.82) is 0 Å². The minimum Gasteiger partial charge on any atom is -0.491 e. The maximum atomic E-state index is 12.6. The van der Waals surface area contributed by atoms with Crippen molar-refractivity contribution in [2.24, 2.45) is 7.05 Å². The molecule has 1 aliphatic rings. The Hall–Kier alpha value is -2.57. The molecular weight excluding hydrogens is 298 g/mol. The van der Waals surface area contributed by atoms with E-state index in [1.807, 2.05) is 13.8 Å². The van der Waals surface area contributed by atoms with E-state index in [9.17, 15) is 14.4 Å². The largest absolute Gasteiger partial charge is 0.491 e. The van der Waals surface area contributed by atoms with E-state index >= 15 is 0 Å². The number of piperidine rings is 1. The Morgan fingerprint density at radius 1 is 1.22 bits per heavy atom. The maximum Gasteiger partial charge on any atom is 0.329 e. The van der Waals surface area contributed by atoms with Crippen molar-refractivity contribution < 1.29 is 14.3 Å². The molecule has 1 aromatic carbocycles. The fourth-order valence-electron chi connectivity index (χ4n) is 2.92. The lowest BCUT2D eigenvalue weighted by Gasteiger charge is -2.21. The number of imide groups is 1. The van der Waals surface area contributed by atoms with Gasteiger partial charge in [0.05, 0.1) is 17.1 Å². The molecule has 0 saturated carbocycles. The standard InChI is InChI=1S/C16H19N3O4/c1-9(2)23-10-4-5-11-13(8-10)18(3)16(22)19(11)12-6-7-14(20)17-15(12)21/h4-5,8-9,12H,6-7H2,1-3H3,(H,17,20,21). The lowest BCUT2D eigenvalue weighted by Crippen LogP contribution is -2.44. The minimum atomic E-state index is -0.666. The molecule has 0 aliphatic carbocycles. The van der Waals surface area contributed by atoms with Crippen LogP contribution in [0.4, 0.5) is 0 Å². The third-order valence-corrected chi connectivity index (χ3v) is 3.95. The molecule has 1 atom stereocenters. The quantitative estimate of drug-likeness (QED) is 0.860. The first-order chi connectivity index (χ1) is 10.9. The van der Waals surface area contributed by atoms with Crippen molar-refractivity contribution in [2.75, 3.05) is 0 Å². The number of rotatable bonds is 3. The molecule has 1 aliphatic heterocycles. The highest BCUT2D eigenvalue weighted by Crippen LogP contribution is 2.26. The van der Waals surface area contributed by atoms with E-state index in [2.05, 4.69) is 5.32 Å². The Morgan fingerprint density at radius 3 is 2.61 bits per heavy atom. The number of carbonyl (C=O) groups excluding carboxylic acids is 2. The molecule has 3 rings (SSSR count). The summed E-state index contributed by atoms with van der Waals surface area (Å²) in [7, 11) is 1.66. The second-order valence-corrected chi connectivity index (χ2v) is 6.00. The molecule has 122 valence electrons. The van der Waals surface area contributed by atoms with Crippen molar-refractivity contribution >= 4 is 22.8 Å². The lowest BCUT2D eigenvalue weighted by molar-refractivity contribution is -0.135. The predicted molar refractivity (Wildman–Crippen MR) is 84.4 cm³/mol. The molecule has 1 N–H and O–H groups in total. The Labute approximate surface area is 132 Å². The van der Waals surface area contributed by atoms with Crippen LogP contribution in [0.15, 0.2) is 23.0 Å². The minimum absolute atomic E-state index is 0.0294. The van der Waals surface area contributed by atoms with Gasteiger partial charge in [0.15, 0.2) is 0 Å². The van der Waals surface area contributed by atoms with E-state index in [-0.39, 0.29) is 24.1 Å². The first kappa shape index (κ1) is 15.3. The SMILES string of the molecule is CC(C)Oc1ccc2c(c1)n(C)c(=O)n2C1CCC(=O)NC1=O. The van der Waals surface area contributed by atoms with Crippen LogP contribution in [0.1, 0.15) is 32.7 Å². The molecule has 0 bridgehead atoms. The fourth-order valence-corrected chi connectivity index (χ4v) is 2.92. The van der Waals surface area contributed by atoms with Crippen LogP contribution < -0.4 is 15.7 Å². The number of hydrogen-bond donors (Lipinski definition) is 1. The van der Waals surface area contributed by atoms with Gasteiger partial charge >= 0.3 is 5.69 Å². The molecule has 23 heavy (non-hydrogen) atoms. The number of carbonyl (C=O) groups is 2. The van der Waals surface area contributed by atoms with Gasteiger partial charge in [-0.15, -0.1) is 0 Å². The van der Waals surface area contributed by atoms with Gasteiger partial charge in [-0.05, 0) is 32.4 Å². The fraction of sp³-hybridized carbons (Fsp3) is 0.438. The van der Waals surface area contributed by atoms with E-state index in [0.717, 1.165) is 0 Å². The van der Waals surface area contributed by atoms with Crippen LogP contribution in [0, 0.1) is 0 Å². The Kier molecular flexibility index (Phi) is 3.71. The molecule has 2 heterocycles. The molecular formula is C16H19N3O4.